The lowest BCUT2D eigenvalue weighted by Crippen LogP contribution is -2.30. The van der Waals surface area contributed by atoms with Crippen molar-refractivity contribution in [2.24, 2.45) is 5.92 Å². The maximum absolute atomic E-state index is 12.9. The molecule has 0 aliphatic carbocycles. The van der Waals surface area contributed by atoms with Gasteiger partial charge in [-0.1, -0.05) is 29.8 Å². The van der Waals surface area contributed by atoms with Crippen molar-refractivity contribution in [3.8, 4) is 0 Å². The number of amides is 2. The van der Waals surface area contributed by atoms with Crippen LogP contribution in [0.3, 0.4) is 0 Å². The number of hydrogen-bond acceptors (Lipinski definition) is 3. The summed E-state index contributed by atoms with van der Waals surface area (Å²) in [6.45, 7) is 1.78. The zero-order valence-electron chi connectivity index (χ0n) is 14.9. The van der Waals surface area contributed by atoms with E-state index in [9.17, 15) is 14.4 Å². The van der Waals surface area contributed by atoms with E-state index in [1.54, 1.807) is 43.1 Å². The summed E-state index contributed by atoms with van der Waals surface area (Å²) in [5, 5.41) is 12.5. The van der Waals surface area contributed by atoms with Gasteiger partial charge in [-0.15, -0.1) is 0 Å². The van der Waals surface area contributed by atoms with E-state index < -0.39 is 17.9 Å². The molecule has 0 aromatic heterocycles. The molecule has 1 saturated heterocycles. The van der Waals surface area contributed by atoms with E-state index >= 15 is 0 Å². The van der Waals surface area contributed by atoms with Crippen LogP contribution in [-0.2, 0) is 9.59 Å². The fourth-order valence-corrected chi connectivity index (χ4v) is 3.57. The van der Waals surface area contributed by atoms with Crippen LogP contribution in [-0.4, -0.2) is 34.8 Å². The molecule has 0 spiro atoms. The number of carbonyl (C=O) groups excluding carboxylic acids is 2. The van der Waals surface area contributed by atoms with Crippen LogP contribution in [0, 0.1) is 12.8 Å². The molecule has 2 aromatic carbocycles. The number of aromatic carboxylic acids is 1. The van der Waals surface area contributed by atoms with Crippen LogP contribution >= 0.6 is 11.6 Å². The number of aryl methyl sites for hydroxylation is 1. The van der Waals surface area contributed by atoms with Crippen molar-refractivity contribution >= 4 is 35.1 Å². The molecule has 2 atom stereocenters. The van der Waals surface area contributed by atoms with Gasteiger partial charge in [-0.3, -0.25) is 9.59 Å². The number of nitrogens with zero attached hydrogens (tertiary/aromatic N) is 1. The molecule has 1 fully saturated rings. The number of carboxylic acids is 1. The molecular weight excluding hydrogens is 368 g/mol. The summed E-state index contributed by atoms with van der Waals surface area (Å²) in [6.07, 6.45) is 0.0805. The van der Waals surface area contributed by atoms with Crippen molar-refractivity contribution < 1.29 is 19.5 Å². The summed E-state index contributed by atoms with van der Waals surface area (Å²) < 4.78 is 0. The molecule has 1 heterocycles. The Labute approximate surface area is 161 Å². The average Bonchev–Trinajstić information content (AvgIpc) is 2.92. The summed E-state index contributed by atoms with van der Waals surface area (Å²) >= 11 is 6.07. The first kappa shape index (κ1) is 18.9. The van der Waals surface area contributed by atoms with Gasteiger partial charge in [0.05, 0.1) is 17.5 Å². The normalized spacial score (nSPS) is 19.2. The molecule has 0 radical (unpaired) electrons. The van der Waals surface area contributed by atoms with Gasteiger partial charge in [-0.05, 0) is 42.3 Å². The molecule has 27 heavy (non-hydrogen) atoms. The Morgan fingerprint density at radius 2 is 1.96 bits per heavy atom. The third kappa shape index (κ3) is 3.80. The van der Waals surface area contributed by atoms with Gasteiger partial charge in [0.15, 0.2) is 0 Å². The molecular formula is C20H19ClN2O4. The van der Waals surface area contributed by atoms with Crippen molar-refractivity contribution in [2.75, 3.05) is 12.4 Å². The second-order valence-corrected chi connectivity index (χ2v) is 7.08. The molecule has 0 saturated carbocycles. The molecule has 2 unspecified atom stereocenters. The quantitative estimate of drug-likeness (QED) is 0.841. The predicted octanol–water partition coefficient (Wildman–Crippen LogP) is 3.50. The zero-order chi connectivity index (χ0) is 19.7. The largest absolute Gasteiger partial charge is 0.478 e. The van der Waals surface area contributed by atoms with Crippen LogP contribution in [0.1, 0.15) is 33.9 Å². The fourth-order valence-electron chi connectivity index (χ4n) is 3.37. The predicted molar refractivity (Wildman–Crippen MR) is 102 cm³/mol. The van der Waals surface area contributed by atoms with Crippen molar-refractivity contribution in [2.45, 2.75) is 19.4 Å². The molecule has 2 N–H and O–H groups in total. The summed E-state index contributed by atoms with van der Waals surface area (Å²) in [7, 11) is 1.66. The monoisotopic (exact) mass is 386 g/mol. The van der Waals surface area contributed by atoms with Gasteiger partial charge in [-0.2, -0.15) is 0 Å². The lowest BCUT2D eigenvalue weighted by atomic mass is 9.92. The van der Waals surface area contributed by atoms with E-state index in [4.69, 9.17) is 16.7 Å². The second kappa shape index (κ2) is 7.40. The number of carboxylic acid groups (broad SMARTS) is 1. The molecule has 0 bridgehead atoms. The molecule has 2 amide bonds. The number of hydrogen-bond donors (Lipinski definition) is 2. The second-order valence-electron chi connectivity index (χ2n) is 6.64. The lowest BCUT2D eigenvalue weighted by Gasteiger charge is -2.25. The Morgan fingerprint density at radius 3 is 2.63 bits per heavy atom. The number of halogens is 1. The maximum Gasteiger partial charge on any atom is 0.335 e. The average molecular weight is 387 g/mol. The molecule has 1 aliphatic heterocycles. The summed E-state index contributed by atoms with van der Waals surface area (Å²) in [6, 6.07) is 11.2. The topological polar surface area (TPSA) is 86.7 Å². The Bertz CT molecular complexity index is 928. The van der Waals surface area contributed by atoms with E-state index in [2.05, 4.69) is 5.32 Å². The number of carbonyl (C=O) groups is 3. The van der Waals surface area contributed by atoms with E-state index in [1.165, 1.54) is 12.1 Å². The Hall–Kier alpha value is -2.86. The van der Waals surface area contributed by atoms with Crippen molar-refractivity contribution in [1.29, 1.82) is 0 Å². The highest BCUT2D eigenvalue weighted by atomic mass is 35.5. The van der Waals surface area contributed by atoms with E-state index in [0.29, 0.717) is 10.7 Å². The minimum absolute atomic E-state index is 0.0805. The van der Waals surface area contributed by atoms with Gasteiger partial charge >= 0.3 is 5.97 Å². The van der Waals surface area contributed by atoms with Crippen LogP contribution in [0.25, 0.3) is 0 Å². The number of likely N-dealkylation sites (tertiary alicyclic amines) is 1. The fraction of sp³-hybridized carbons (Fsp3) is 0.250. The molecule has 3 rings (SSSR count). The van der Waals surface area contributed by atoms with Gasteiger partial charge in [0.1, 0.15) is 0 Å². The highest BCUT2D eigenvalue weighted by Gasteiger charge is 2.42. The van der Waals surface area contributed by atoms with Crippen LogP contribution < -0.4 is 5.32 Å². The van der Waals surface area contributed by atoms with Crippen molar-refractivity contribution in [3.63, 3.8) is 0 Å². The molecule has 1 aliphatic rings. The first-order valence-corrected chi connectivity index (χ1v) is 8.81. The molecule has 7 heteroatoms. The minimum atomic E-state index is -1.07. The number of nitrogens with one attached hydrogen (secondary N) is 1. The minimum Gasteiger partial charge on any atom is -0.478 e. The zero-order valence-corrected chi connectivity index (χ0v) is 15.7. The molecule has 140 valence electrons. The number of rotatable bonds is 4. The van der Waals surface area contributed by atoms with E-state index in [1.807, 2.05) is 6.07 Å². The SMILES string of the molecule is Cc1ccc(C(=O)O)cc1NC(=O)C1CC(=O)N(C)C1c1cccc(Cl)c1. The smallest absolute Gasteiger partial charge is 0.335 e. The highest BCUT2D eigenvalue weighted by molar-refractivity contribution is 6.30. The van der Waals surface area contributed by atoms with E-state index in [0.717, 1.165) is 11.1 Å². The summed E-state index contributed by atoms with van der Waals surface area (Å²) in [4.78, 5) is 37.9. The van der Waals surface area contributed by atoms with Gasteiger partial charge < -0.3 is 15.3 Å². The van der Waals surface area contributed by atoms with E-state index in [-0.39, 0.29) is 23.8 Å². The first-order valence-electron chi connectivity index (χ1n) is 8.44. The van der Waals surface area contributed by atoms with Gasteiger partial charge in [0.25, 0.3) is 0 Å². The standard InChI is InChI=1S/C20H19ClN2O4/c1-11-6-7-13(20(26)27)9-16(11)22-19(25)15-10-17(24)23(2)18(15)12-4-3-5-14(21)8-12/h3-9,15,18H,10H2,1-2H3,(H,22,25)(H,26,27). The third-order valence-electron chi connectivity index (χ3n) is 4.86. The highest BCUT2D eigenvalue weighted by Crippen LogP contribution is 2.38. The Balaban J connectivity index is 1.90. The lowest BCUT2D eigenvalue weighted by molar-refractivity contribution is -0.128. The van der Waals surface area contributed by atoms with Crippen LogP contribution in [0.4, 0.5) is 5.69 Å². The first-order chi connectivity index (χ1) is 12.8. The number of anilines is 1. The molecule has 2 aromatic rings. The summed E-state index contributed by atoms with van der Waals surface area (Å²) in [5.41, 5.74) is 2.03. The Morgan fingerprint density at radius 1 is 1.22 bits per heavy atom. The molecule has 6 nitrogen and oxygen atoms in total. The van der Waals surface area contributed by atoms with Gasteiger partial charge in [0, 0.05) is 24.2 Å². The van der Waals surface area contributed by atoms with Crippen LogP contribution in [0.2, 0.25) is 5.02 Å². The summed E-state index contributed by atoms with van der Waals surface area (Å²) in [5.74, 6) is -2.13. The number of benzene rings is 2. The van der Waals surface area contributed by atoms with Crippen molar-refractivity contribution in [1.82, 2.24) is 4.90 Å². The van der Waals surface area contributed by atoms with Crippen LogP contribution in [0.5, 0.6) is 0 Å². The van der Waals surface area contributed by atoms with Gasteiger partial charge in [0.2, 0.25) is 11.8 Å². The van der Waals surface area contributed by atoms with Crippen LogP contribution in [0.15, 0.2) is 42.5 Å². The van der Waals surface area contributed by atoms with Gasteiger partial charge in [-0.25, -0.2) is 4.79 Å². The Kier molecular flexibility index (Phi) is 5.19. The third-order valence-corrected chi connectivity index (χ3v) is 5.09. The van der Waals surface area contributed by atoms with Crippen molar-refractivity contribution in [3.05, 3.63) is 64.2 Å². The maximum atomic E-state index is 12.9.